The van der Waals surface area contributed by atoms with Crippen LogP contribution in [-0.2, 0) is 0 Å². The fourth-order valence-electron chi connectivity index (χ4n) is 1.78. The van der Waals surface area contributed by atoms with E-state index >= 15 is 0 Å². The van der Waals surface area contributed by atoms with Crippen molar-refractivity contribution >= 4 is 15.9 Å². The van der Waals surface area contributed by atoms with Crippen molar-refractivity contribution in [1.29, 1.82) is 0 Å². The number of halogens is 1. The molecule has 2 rings (SSSR count). The van der Waals surface area contributed by atoms with Crippen molar-refractivity contribution in [3.63, 3.8) is 0 Å². The van der Waals surface area contributed by atoms with Crippen LogP contribution in [0.4, 0.5) is 0 Å². The van der Waals surface area contributed by atoms with Crippen molar-refractivity contribution in [1.82, 2.24) is 4.57 Å². The van der Waals surface area contributed by atoms with Crippen molar-refractivity contribution in [2.75, 3.05) is 0 Å². The summed E-state index contributed by atoms with van der Waals surface area (Å²) in [5.41, 5.74) is 2.03. The topological polar surface area (TPSA) is 22.0 Å². The van der Waals surface area contributed by atoms with Crippen LogP contribution in [0.2, 0.25) is 0 Å². The van der Waals surface area contributed by atoms with E-state index in [2.05, 4.69) is 15.9 Å². The highest BCUT2D eigenvalue weighted by Gasteiger charge is 2.13. The largest absolute Gasteiger partial charge is 0.306 e. The summed E-state index contributed by atoms with van der Waals surface area (Å²) in [6.07, 6.45) is 0. The van der Waals surface area contributed by atoms with Gasteiger partial charge in [0, 0.05) is 22.1 Å². The van der Waals surface area contributed by atoms with Crippen LogP contribution < -0.4 is 5.56 Å². The van der Waals surface area contributed by atoms with Crippen LogP contribution >= 0.6 is 15.9 Å². The number of aromatic nitrogens is 1. The van der Waals surface area contributed by atoms with Gasteiger partial charge in [0.1, 0.15) is 0 Å². The molecule has 0 bridgehead atoms. The molecule has 1 aliphatic heterocycles. The van der Waals surface area contributed by atoms with E-state index in [1.807, 2.05) is 38.1 Å². The molecule has 1 heterocycles. The highest BCUT2D eigenvalue weighted by molar-refractivity contribution is 9.10. The molecular formula is C12H12BrNO. The van der Waals surface area contributed by atoms with E-state index < -0.39 is 0 Å². The molecular weight excluding hydrogens is 254 g/mol. The molecule has 1 aliphatic carbocycles. The first-order valence-corrected chi connectivity index (χ1v) is 5.69. The zero-order valence-corrected chi connectivity index (χ0v) is 10.3. The van der Waals surface area contributed by atoms with Gasteiger partial charge in [0.2, 0.25) is 0 Å². The van der Waals surface area contributed by atoms with Gasteiger partial charge in [-0.2, -0.15) is 0 Å². The van der Waals surface area contributed by atoms with Crippen LogP contribution in [-0.4, -0.2) is 4.57 Å². The van der Waals surface area contributed by atoms with Gasteiger partial charge in [-0.1, -0.05) is 28.1 Å². The average molecular weight is 266 g/mol. The van der Waals surface area contributed by atoms with E-state index in [9.17, 15) is 4.79 Å². The normalized spacial score (nSPS) is 11.2. The maximum Gasteiger partial charge on any atom is 0.251 e. The maximum atomic E-state index is 11.7. The standard InChI is InChI=1S/C12H12BrNO/c1-8(2)14-11-7-10(13)5-3-4-9(11)6-12(14)15/h3-8H,1-2H3. The summed E-state index contributed by atoms with van der Waals surface area (Å²) in [7, 11) is 0. The molecule has 0 aromatic heterocycles. The van der Waals surface area contributed by atoms with E-state index in [1.165, 1.54) is 0 Å². The predicted molar refractivity (Wildman–Crippen MR) is 65.4 cm³/mol. The summed E-state index contributed by atoms with van der Waals surface area (Å²) in [4.78, 5) is 11.7. The van der Waals surface area contributed by atoms with Gasteiger partial charge in [0.05, 0.1) is 5.69 Å². The molecule has 78 valence electrons. The first-order chi connectivity index (χ1) is 7.09. The van der Waals surface area contributed by atoms with Gasteiger partial charge in [-0.25, -0.2) is 0 Å². The van der Waals surface area contributed by atoms with Gasteiger partial charge in [-0.3, -0.25) is 4.79 Å². The Morgan fingerprint density at radius 1 is 1.27 bits per heavy atom. The molecule has 0 unspecified atom stereocenters. The Bertz CT molecular complexity index is 516. The lowest BCUT2D eigenvalue weighted by Gasteiger charge is -2.09. The summed E-state index contributed by atoms with van der Waals surface area (Å²) in [6.45, 7) is 4.03. The molecule has 2 aliphatic rings. The molecule has 0 N–H and O–H groups in total. The number of hydrogen-bond donors (Lipinski definition) is 0. The maximum absolute atomic E-state index is 11.7. The number of nitrogens with zero attached hydrogens (tertiary/aromatic N) is 1. The second-order valence-electron chi connectivity index (χ2n) is 3.84. The Labute approximate surface area is 97.0 Å². The van der Waals surface area contributed by atoms with Gasteiger partial charge < -0.3 is 4.57 Å². The molecule has 3 heteroatoms. The van der Waals surface area contributed by atoms with Crippen molar-refractivity contribution in [2.24, 2.45) is 0 Å². The number of hydrogen-bond acceptors (Lipinski definition) is 1. The minimum Gasteiger partial charge on any atom is -0.306 e. The van der Waals surface area contributed by atoms with Crippen LogP contribution in [0.15, 0.2) is 39.6 Å². The minimum atomic E-state index is 0.0677. The quantitative estimate of drug-likeness (QED) is 0.776. The van der Waals surface area contributed by atoms with Crippen molar-refractivity contribution in [3.05, 3.63) is 45.2 Å². The molecule has 0 saturated carbocycles. The zero-order valence-electron chi connectivity index (χ0n) is 8.70. The van der Waals surface area contributed by atoms with Crippen LogP contribution in [0.5, 0.6) is 0 Å². The second kappa shape index (κ2) is 3.81. The summed E-state index contributed by atoms with van der Waals surface area (Å²) in [6, 6.07) is 9.72. The van der Waals surface area contributed by atoms with Crippen LogP contribution in [0, 0.1) is 0 Å². The van der Waals surface area contributed by atoms with Crippen molar-refractivity contribution in [2.45, 2.75) is 19.9 Å². The minimum absolute atomic E-state index is 0.0677. The molecule has 0 radical (unpaired) electrons. The van der Waals surface area contributed by atoms with E-state index in [0.29, 0.717) is 0 Å². The van der Waals surface area contributed by atoms with E-state index in [-0.39, 0.29) is 11.6 Å². The number of fused-ring (bicyclic) bond motifs is 1. The Balaban J connectivity index is 2.81. The predicted octanol–water partition coefficient (Wildman–Crippen LogP) is 3.30. The summed E-state index contributed by atoms with van der Waals surface area (Å²) in [5, 5.41) is 0. The van der Waals surface area contributed by atoms with Crippen LogP contribution in [0.3, 0.4) is 0 Å². The van der Waals surface area contributed by atoms with E-state index in [1.54, 1.807) is 10.6 Å². The monoisotopic (exact) mass is 265 g/mol. The lowest BCUT2D eigenvalue weighted by Crippen LogP contribution is -2.16. The van der Waals surface area contributed by atoms with Crippen LogP contribution in [0.25, 0.3) is 11.3 Å². The summed E-state index contributed by atoms with van der Waals surface area (Å²) < 4.78 is 2.79. The van der Waals surface area contributed by atoms with Crippen molar-refractivity contribution in [3.8, 4) is 11.3 Å². The lowest BCUT2D eigenvalue weighted by molar-refractivity contribution is 0.594. The third kappa shape index (κ3) is 1.84. The molecule has 0 amide bonds. The second-order valence-corrected chi connectivity index (χ2v) is 4.76. The fourth-order valence-corrected chi connectivity index (χ4v) is 2.15. The van der Waals surface area contributed by atoms with Crippen LogP contribution in [0.1, 0.15) is 19.9 Å². The molecule has 0 fully saturated rings. The van der Waals surface area contributed by atoms with Crippen molar-refractivity contribution < 1.29 is 0 Å². The first kappa shape index (κ1) is 10.4. The molecule has 0 spiro atoms. The lowest BCUT2D eigenvalue weighted by atomic mass is 10.2. The average Bonchev–Trinajstić information content (AvgIpc) is 2.32. The molecule has 0 saturated heterocycles. The molecule has 2 nitrogen and oxygen atoms in total. The van der Waals surface area contributed by atoms with E-state index in [0.717, 1.165) is 15.7 Å². The Kier molecular flexibility index (Phi) is 2.65. The van der Waals surface area contributed by atoms with Gasteiger partial charge >= 0.3 is 0 Å². The van der Waals surface area contributed by atoms with Gasteiger partial charge in [-0.05, 0) is 26.0 Å². The molecule has 0 atom stereocenters. The molecule has 0 aromatic rings. The van der Waals surface area contributed by atoms with Gasteiger partial charge in [0.25, 0.3) is 5.56 Å². The third-order valence-electron chi connectivity index (χ3n) is 2.39. The fraction of sp³-hybridized carbons (Fsp3) is 0.250. The highest BCUT2D eigenvalue weighted by atomic mass is 79.9. The third-order valence-corrected chi connectivity index (χ3v) is 2.89. The van der Waals surface area contributed by atoms with Gasteiger partial charge in [0.15, 0.2) is 0 Å². The SMILES string of the molecule is CC(C)n1c2cc(Br)cccc-2cc1=O. The number of rotatable bonds is 1. The summed E-state index contributed by atoms with van der Waals surface area (Å²) >= 11 is 3.44. The highest BCUT2D eigenvalue weighted by Crippen LogP contribution is 2.25. The molecule has 0 aromatic carbocycles. The Hall–Kier alpha value is -1.09. The Morgan fingerprint density at radius 2 is 2.00 bits per heavy atom. The first-order valence-electron chi connectivity index (χ1n) is 4.90. The summed E-state index contributed by atoms with van der Waals surface area (Å²) in [5.74, 6) is 0. The van der Waals surface area contributed by atoms with Gasteiger partial charge in [-0.15, -0.1) is 0 Å². The smallest absolute Gasteiger partial charge is 0.251 e. The Morgan fingerprint density at radius 3 is 2.67 bits per heavy atom. The van der Waals surface area contributed by atoms with E-state index in [4.69, 9.17) is 0 Å². The molecule has 15 heavy (non-hydrogen) atoms. The zero-order chi connectivity index (χ0) is 11.0.